The topological polar surface area (TPSA) is 26.3 Å². The standard InChI is InChI=1S/C11H12O2/c1-3-4-9-5-10(8-12)7-11(6-9)13-2/h3-8H,1-2H3. The molecule has 0 saturated carbocycles. The Morgan fingerprint density at radius 2 is 1.92 bits per heavy atom. The number of methoxy groups -OCH3 is 1. The molecule has 13 heavy (non-hydrogen) atoms. The lowest BCUT2D eigenvalue weighted by Gasteiger charge is -2.02. The summed E-state index contributed by atoms with van der Waals surface area (Å²) in [5.41, 5.74) is 1.61. The number of hydrogen-bond donors (Lipinski definition) is 0. The molecule has 0 atom stereocenters. The van der Waals surface area contributed by atoms with Gasteiger partial charge in [0, 0.05) is 5.56 Å². The van der Waals surface area contributed by atoms with Gasteiger partial charge in [-0.2, -0.15) is 0 Å². The van der Waals surface area contributed by atoms with E-state index in [0.29, 0.717) is 11.3 Å². The van der Waals surface area contributed by atoms with Crippen LogP contribution in [0.1, 0.15) is 22.8 Å². The molecule has 1 aromatic carbocycles. The van der Waals surface area contributed by atoms with Gasteiger partial charge >= 0.3 is 0 Å². The van der Waals surface area contributed by atoms with Gasteiger partial charge in [0.15, 0.2) is 0 Å². The Labute approximate surface area is 77.8 Å². The lowest BCUT2D eigenvalue weighted by molar-refractivity contribution is 0.112. The first-order valence-electron chi connectivity index (χ1n) is 4.07. The van der Waals surface area contributed by atoms with Crippen molar-refractivity contribution in [2.75, 3.05) is 7.11 Å². The predicted molar refractivity (Wildman–Crippen MR) is 53.1 cm³/mol. The minimum absolute atomic E-state index is 0.632. The fraction of sp³-hybridized carbons (Fsp3) is 0.182. The van der Waals surface area contributed by atoms with Gasteiger partial charge in [-0.25, -0.2) is 0 Å². The van der Waals surface area contributed by atoms with Gasteiger partial charge in [-0.3, -0.25) is 4.79 Å². The molecule has 2 heteroatoms. The van der Waals surface area contributed by atoms with Crippen LogP contribution in [0.5, 0.6) is 5.75 Å². The molecule has 1 aromatic rings. The molecule has 0 unspecified atom stereocenters. The monoisotopic (exact) mass is 176 g/mol. The summed E-state index contributed by atoms with van der Waals surface area (Å²) in [4.78, 5) is 10.6. The molecule has 0 N–H and O–H groups in total. The molecule has 68 valence electrons. The Kier molecular flexibility index (Phi) is 3.26. The van der Waals surface area contributed by atoms with Crippen LogP contribution in [0.3, 0.4) is 0 Å². The van der Waals surface area contributed by atoms with Crippen molar-refractivity contribution in [1.29, 1.82) is 0 Å². The van der Waals surface area contributed by atoms with Gasteiger partial charge in [0.2, 0.25) is 0 Å². The van der Waals surface area contributed by atoms with Crippen molar-refractivity contribution >= 4 is 12.4 Å². The summed E-state index contributed by atoms with van der Waals surface area (Å²) in [5, 5.41) is 0. The molecule has 0 heterocycles. The largest absolute Gasteiger partial charge is 0.497 e. The first kappa shape index (κ1) is 9.52. The Morgan fingerprint density at radius 3 is 2.46 bits per heavy atom. The second kappa shape index (κ2) is 4.45. The Morgan fingerprint density at radius 1 is 1.23 bits per heavy atom. The normalized spacial score (nSPS) is 10.3. The summed E-state index contributed by atoms with van der Waals surface area (Å²) in [6.07, 6.45) is 4.66. The smallest absolute Gasteiger partial charge is 0.150 e. The van der Waals surface area contributed by atoms with Crippen molar-refractivity contribution in [3.63, 3.8) is 0 Å². The zero-order valence-corrected chi connectivity index (χ0v) is 7.78. The molecular formula is C11H12O2. The molecule has 0 aliphatic carbocycles. The summed E-state index contributed by atoms with van der Waals surface area (Å²) < 4.78 is 5.05. The molecule has 0 spiro atoms. The number of ether oxygens (including phenoxy) is 1. The van der Waals surface area contributed by atoms with E-state index in [4.69, 9.17) is 4.74 Å². The third-order valence-corrected chi connectivity index (χ3v) is 1.68. The minimum atomic E-state index is 0.632. The summed E-state index contributed by atoms with van der Waals surface area (Å²) in [5.74, 6) is 0.706. The minimum Gasteiger partial charge on any atom is -0.497 e. The summed E-state index contributed by atoms with van der Waals surface area (Å²) in [7, 11) is 1.59. The number of allylic oxidation sites excluding steroid dienone is 1. The van der Waals surface area contributed by atoms with E-state index in [9.17, 15) is 4.79 Å². The Hall–Kier alpha value is -1.57. The van der Waals surface area contributed by atoms with E-state index in [1.54, 1.807) is 13.2 Å². The Bertz CT molecular complexity index is 327. The number of aldehydes is 1. The third kappa shape index (κ3) is 2.44. The average Bonchev–Trinajstić information content (AvgIpc) is 2.17. The lowest BCUT2D eigenvalue weighted by Crippen LogP contribution is -1.87. The highest BCUT2D eigenvalue weighted by Gasteiger charge is 1.97. The van der Waals surface area contributed by atoms with E-state index in [1.165, 1.54) is 0 Å². The first-order valence-corrected chi connectivity index (χ1v) is 4.07. The number of hydrogen-bond acceptors (Lipinski definition) is 2. The van der Waals surface area contributed by atoms with E-state index >= 15 is 0 Å². The maximum Gasteiger partial charge on any atom is 0.150 e. The van der Waals surface area contributed by atoms with Crippen LogP contribution in [0, 0.1) is 0 Å². The predicted octanol–water partition coefficient (Wildman–Crippen LogP) is 2.54. The molecule has 0 amide bonds. The molecule has 0 saturated heterocycles. The lowest BCUT2D eigenvalue weighted by atomic mass is 10.1. The highest BCUT2D eigenvalue weighted by atomic mass is 16.5. The molecule has 0 bridgehead atoms. The van der Waals surface area contributed by atoms with Crippen LogP contribution in [0.2, 0.25) is 0 Å². The van der Waals surface area contributed by atoms with Crippen molar-refractivity contribution < 1.29 is 9.53 Å². The van der Waals surface area contributed by atoms with Crippen LogP contribution in [0.4, 0.5) is 0 Å². The highest BCUT2D eigenvalue weighted by molar-refractivity contribution is 5.77. The van der Waals surface area contributed by atoms with Crippen molar-refractivity contribution in [3.8, 4) is 5.75 Å². The van der Waals surface area contributed by atoms with E-state index < -0.39 is 0 Å². The quantitative estimate of drug-likeness (QED) is 0.661. The van der Waals surface area contributed by atoms with Crippen molar-refractivity contribution in [2.24, 2.45) is 0 Å². The molecule has 0 radical (unpaired) electrons. The van der Waals surface area contributed by atoms with Crippen LogP contribution in [-0.2, 0) is 0 Å². The van der Waals surface area contributed by atoms with Crippen molar-refractivity contribution in [3.05, 3.63) is 35.4 Å². The fourth-order valence-corrected chi connectivity index (χ4v) is 1.12. The number of carbonyl (C=O) groups is 1. The summed E-state index contributed by atoms with van der Waals surface area (Å²) >= 11 is 0. The molecule has 0 aliphatic rings. The highest BCUT2D eigenvalue weighted by Crippen LogP contribution is 2.16. The molecule has 0 aromatic heterocycles. The third-order valence-electron chi connectivity index (χ3n) is 1.68. The van der Waals surface area contributed by atoms with E-state index in [0.717, 1.165) is 11.8 Å². The Balaban J connectivity index is 3.14. The van der Waals surface area contributed by atoms with Gasteiger partial charge < -0.3 is 4.74 Å². The molecular weight excluding hydrogens is 164 g/mol. The summed E-state index contributed by atoms with van der Waals surface area (Å²) in [6.45, 7) is 1.93. The van der Waals surface area contributed by atoms with Crippen LogP contribution in [0.15, 0.2) is 24.3 Å². The van der Waals surface area contributed by atoms with Gasteiger partial charge in [0.25, 0.3) is 0 Å². The van der Waals surface area contributed by atoms with Crippen LogP contribution >= 0.6 is 0 Å². The van der Waals surface area contributed by atoms with Crippen LogP contribution in [0.25, 0.3) is 6.08 Å². The molecule has 0 fully saturated rings. The average molecular weight is 176 g/mol. The number of carbonyl (C=O) groups excluding carboxylic acids is 1. The van der Waals surface area contributed by atoms with E-state index in [-0.39, 0.29) is 0 Å². The summed E-state index contributed by atoms with van der Waals surface area (Å²) in [6, 6.07) is 5.41. The van der Waals surface area contributed by atoms with Gasteiger partial charge in [0.1, 0.15) is 12.0 Å². The second-order valence-corrected chi connectivity index (χ2v) is 2.66. The number of rotatable bonds is 3. The van der Waals surface area contributed by atoms with Gasteiger partial charge in [-0.1, -0.05) is 12.2 Å². The van der Waals surface area contributed by atoms with Crippen LogP contribution < -0.4 is 4.74 Å². The number of benzene rings is 1. The maximum absolute atomic E-state index is 10.6. The fourth-order valence-electron chi connectivity index (χ4n) is 1.12. The van der Waals surface area contributed by atoms with E-state index in [2.05, 4.69) is 0 Å². The zero-order chi connectivity index (χ0) is 9.68. The molecule has 0 aliphatic heterocycles. The van der Waals surface area contributed by atoms with Gasteiger partial charge in [-0.05, 0) is 30.7 Å². The maximum atomic E-state index is 10.6. The SMILES string of the molecule is CC=Cc1cc(C=O)cc(OC)c1. The van der Waals surface area contributed by atoms with Crippen molar-refractivity contribution in [1.82, 2.24) is 0 Å². The first-order chi connectivity index (χ1) is 6.30. The van der Waals surface area contributed by atoms with E-state index in [1.807, 2.05) is 31.2 Å². The zero-order valence-electron chi connectivity index (χ0n) is 7.78. The molecule has 2 nitrogen and oxygen atoms in total. The van der Waals surface area contributed by atoms with Crippen LogP contribution in [-0.4, -0.2) is 13.4 Å². The van der Waals surface area contributed by atoms with Gasteiger partial charge in [-0.15, -0.1) is 0 Å². The van der Waals surface area contributed by atoms with Crippen molar-refractivity contribution in [2.45, 2.75) is 6.92 Å². The second-order valence-electron chi connectivity index (χ2n) is 2.66. The van der Waals surface area contributed by atoms with Gasteiger partial charge in [0.05, 0.1) is 7.11 Å². The molecule has 1 rings (SSSR count).